The maximum atomic E-state index is 9.32. The van der Waals surface area contributed by atoms with E-state index in [1.54, 1.807) is 17.5 Å². The molecule has 0 aliphatic carbocycles. The summed E-state index contributed by atoms with van der Waals surface area (Å²) >= 11 is 8.18. The lowest BCUT2D eigenvalue weighted by Gasteiger charge is -2.08. The first-order valence-electron chi connectivity index (χ1n) is 7.06. The molecule has 0 radical (unpaired) electrons. The Balaban J connectivity index is 2.24. The molecule has 2 heterocycles. The molecule has 5 heteroatoms. The van der Waals surface area contributed by atoms with Gasteiger partial charge < -0.3 is 5.32 Å². The van der Waals surface area contributed by atoms with Crippen molar-refractivity contribution in [3.8, 4) is 16.5 Å². The summed E-state index contributed by atoms with van der Waals surface area (Å²) < 4.78 is 0. The van der Waals surface area contributed by atoms with Crippen LogP contribution in [0.5, 0.6) is 0 Å². The van der Waals surface area contributed by atoms with Gasteiger partial charge in [-0.1, -0.05) is 48.9 Å². The standard InChI is InChI=1S/C17H14ClN3S/c1-2-8-20-15-12(9-19)10-21-17-13(15)14(18)16(22-17)11-6-4-3-5-7-11/h3-7,10H,2,8H2,1H3,(H,20,21). The Morgan fingerprint density at radius 2 is 2.09 bits per heavy atom. The maximum Gasteiger partial charge on any atom is 0.127 e. The monoisotopic (exact) mass is 327 g/mol. The fraction of sp³-hybridized carbons (Fsp3) is 0.176. The Bertz CT molecular complexity index is 850. The van der Waals surface area contributed by atoms with Crippen molar-refractivity contribution < 1.29 is 0 Å². The smallest absolute Gasteiger partial charge is 0.127 e. The van der Waals surface area contributed by atoms with E-state index < -0.39 is 0 Å². The molecule has 0 bridgehead atoms. The van der Waals surface area contributed by atoms with Crippen LogP contribution in [0.2, 0.25) is 5.02 Å². The number of nitrogens with one attached hydrogen (secondary N) is 1. The quantitative estimate of drug-likeness (QED) is 0.706. The van der Waals surface area contributed by atoms with E-state index in [1.165, 1.54) is 0 Å². The molecule has 0 saturated carbocycles. The molecule has 1 N–H and O–H groups in total. The summed E-state index contributed by atoms with van der Waals surface area (Å²) in [6.45, 7) is 2.88. The lowest BCUT2D eigenvalue weighted by molar-refractivity contribution is 0.980. The third kappa shape index (κ3) is 2.54. The number of nitriles is 1. The zero-order chi connectivity index (χ0) is 15.5. The van der Waals surface area contributed by atoms with E-state index in [1.807, 2.05) is 30.3 Å². The average Bonchev–Trinajstić information content (AvgIpc) is 2.90. The minimum atomic E-state index is 0.528. The highest BCUT2D eigenvalue weighted by Crippen LogP contribution is 2.44. The van der Waals surface area contributed by atoms with Gasteiger partial charge in [0.25, 0.3) is 0 Å². The lowest BCUT2D eigenvalue weighted by atomic mass is 10.1. The first-order chi connectivity index (χ1) is 10.8. The van der Waals surface area contributed by atoms with Gasteiger partial charge in [0.15, 0.2) is 0 Å². The van der Waals surface area contributed by atoms with Crippen LogP contribution in [-0.2, 0) is 0 Å². The molecular formula is C17H14ClN3S. The van der Waals surface area contributed by atoms with Crippen LogP contribution in [0.4, 0.5) is 5.69 Å². The van der Waals surface area contributed by atoms with Crippen LogP contribution in [0.25, 0.3) is 20.7 Å². The van der Waals surface area contributed by atoms with E-state index in [4.69, 9.17) is 11.6 Å². The largest absolute Gasteiger partial charge is 0.383 e. The van der Waals surface area contributed by atoms with Crippen LogP contribution in [0, 0.1) is 11.3 Å². The summed E-state index contributed by atoms with van der Waals surface area (Å²) in [7, 11) is 0. The van der Waals surface area contributed by atoms with E-state index in [0.29, 0.717) is 10.6 Å². The molecule has 0 aliphatic heterocycles. The van der Waals surface area contributed by atoms with Crippen LogP contribution in [0.1, 0.15) is 18.9 Å². The van der Waals surface area contributed by atoms with Gasteiger partial charge in [-0.2, -0.15) is 5.26 Å². The fourth-order valence-corrected chi connectivity index (χ4v) is 3.84. The molecule has 110 valence electrons. The topological polar surface area (TPSA) is 48.7 Å². The highest BCUT2D eigenvalue weighted by Gasteiger charge is 2.18. The predicted octanol–water partition coefficient (Wildman–Crippen LogP) is 5.31. The van der Waals surface area contributed by atoms with Crippen LogP contribution < -0.4 is 5.32 Å². The first-order valence-corrected chi connectivity index (χ1v) is 8.26. The van der Waals surface area contributed by atoms with Gasteiger partial charge in [-0.25, -0.2) is 4.98 Å². The lowest BCUT2D eigenvalue weighted by Crippen LogP contribution is -2.02. The molecule has 3 nitrogen and oxygen atoms in total. The van der Waals surface area contributed by atoms with Crippen LogP contribution in [0.3, 0.4) is 0 Å². The Kier molecular flexibility index (Phi) is 4.28. The van der Waals surface area contributed by atoms with Gasteiger partial charge in [-0.3, -0.25) is 0 Å². The van der Waals surface area contributed by atoms with Crippen molar-refractivity contribution in [3.63, 3.8) is 0 Å². The van der Waals surface area contributed by atoms with Gasteiger partial charge in [0.1, 0.15) is 10.9 Å². The van der Waals surface area contributed by atoms with Crippen LogP contribution in [-0.4, -0.2) is 11.5 Å². The summed E-state index contributed by atoms with van der Waals surface area (Å²) in [5, 5.41) is 14.2. The molecule has 0 aliphatic rings. The molecule has 3 aromatic rings. The van der Waals surface area contributed by atoms with Gasteiger partial charge in [-0.15, -0.1) is 11.3 Å². The van der Waals surface area contributed by atoms with Gasteiger partial charge in [-0.05, 0) is 12.0 Å². The normalized spacial score (nSPS) is 10.6. The molecule has 0 saturated heterocycles. The number of thiophene rings is 1. The van der Waals surface area contributed by atoms with Crippen molar-refractivity contribution >= 4 is 38.8 Å². The summed E-state index contributed by atoms with van der Waals surface area (Å²) in [6.07, 6.45) is 2.59. The zero-order valence-electron chi connectivity index (χ0n) is 12.1. The minimum absolute atomic E-state index is 0.528. The molecular weight excluding hydrogens is 314 g/mol. The third-order valence-corrected chi connectivity index (χ3v) is 5.01. The number of nitrogens with zero attached hydrogens (tertiary/aromatic N) is 2. The second-order valence-corrected chi connectivity index (χ2v) is 6.25. The summed E-state index contributed by atoms with van der Waals surface area (Å²) in [5.41, 5.74) is 2.38. The van der Waals surface area contributed by atoms with E-state index >= 15 is 0 Å². The molecule has 0 atom stereocenters. The van der Waals surface area contributed by atoms with Crippen molar-refractivity contribution in [2.45, 2.75) is 13.3 Å². The number of anilines is 1. The van der Waals surface area contributed by atoms with Gasteiger partial charge in [0.05, 0.1) is 26.5 Å². The highest BCUT2D eigenvalue weighted by molar-refractivity contribution is 7.22. The molecule has 0 amide bonds. The number of hydrogen-bond donors (Lipinski definition) is 1. The Morgan fingerprint density at radius 3 is 2.77 bits per heavy atom. The van der Waals surface area contributed by atoms with Crippen molar-refractivity contribution in [1.82, 2.24) is 4.98 Å². The van der Waals surface area contributed by atoms with Gasteiger partial charge in [0, 0.05) is 12.7 Å². The molecule has 3 rings (SSSR count). The summed E-state index contributed by atoms with van der Waals surface area (Å²) in [6, 6.07) is 12.2. The molecule has 0 unspecified atom stereocenters. The Hall–Kier alpha value is -2.09. The second kappa shape index (κ2) is 6.35. The number of aromatic nitrogens is 1. The van der Waals surface area contributed by atoms with Gasteiger partial charge >= 0.3 is 0 Å². The van der Waals surface area contributed by atoms with E-state index in [2.05, 4.69) is 23.3 Å². The number of benzene rings is 1. The van der Waals surface area contributed by atoms with Crippen molar-refractivity contribution in [1.29, 1.82) is 5.26 Å². The van der Waals surface area contributed by atoms with E-state index in [-0.39, 0.29) is 0 Å². The Morgan fingerprint density at radius 1 is 1.32 bits per heavy atom. The number of hydrogen-bond acceptors (Lipinski definition) is 4. The van der Waals surface area contributed by atoms with Crippen molar-refractivity contribution in [3.05, 3.63) is 47.1 Å². The molecule has 0 fully saturated rings. The Labute approximate surface area is 138 Å². The first kappa shape index (κ1) is 14.8. The van der Waals surface area contributed by atoms with Crippen LogP contribution >= 0.6 is 22.9 Å². The van der Waals surface area contributed by atoms with E-state index in [9.17, 15) is 5.26 Å². The number of pyridine rings is 1. The average molecular weight is 328 g/mol. The van der Waals surface area contributed by atoms with Crippen LogP contribution in [0.15, 0.2) is 36.5 Å². The zero-order valence-corrected chi connectivity index (χ0v) is 13.6. The fourth-order valence-electron chi connectivity index (χ4n) is 2.32. The molecule has 2 aromatic heterocycles. The summed E-state index contributed by atoms with van der Waals surface area (Å²) in [4.78, 5) is 6.23. The maximum absolute atomic E-state index is 9.32. The minimum Gasteiger partial charge on any atom is -0.383 e. The second-order valence-electron chi connectivity index (χ2n) is 4.88. The van der Waals surface area contributed by atoms with Gasteiger partial charge in [0.2, 0.25) is 0 Å². The highest BCUT2D eigenvalue weighted by atomic mass is 35.5. The molecule has 22 heavy (non-hydrogen) atoms. The van der Waals surface area contributed by atoms with E-state index in [0.717, 1.165) is 39.3 Å². The van der Waals surface area contributed by atoms with Crippen molar-refractivity contribution in [2.75, 3.05) is 11.9 Å². The molecule has 1 aromatic carbocycles. The van der Waals surface area contributed by atoms with Crippen molar-refractivity contribution in [2.24, 2.45) is 0 Å². The molecule has 0 spiro atoms. The third-order valence-electron chi connectivity index (χ3n) is 3.37. The SMILES string of the molecule is CCCNc1c(C#N)cnc2sc(-c3ccccc3)c(Cl)c12. The number of halogens is 1. The number of fused-ring (bicyclic) bond motifs is 1. The number of rotatable bonds is 4. The summed E-state index contributed by atoms with van der Waals surface area (Å²) in [5.74, 6) is 0. The predicted molar refractivity (Wildman–Crippen MR) is 93.6 cm³/mol.